The van der Waals surface area contributed by atoms with Gasteiger partial charge in [0.05, 0.1) is 11.8 Å². The van der Waals surface area contributed by atoms with Crippen LogP contribution in [0.5, 0.6) is 0 Å². The molecule has 5 nitrogen and oxygen atoms in total. The number of amides is 1. The van der Waals surface area contributed by atoms with Crippen molar-refractivity contribution >= 4 is 16.8 Å². The zero-order chi connectivity index (χ0) is 17.8. The Morgan fingerprint density at radius 3 is 2.58 bits per heavy atom. The summed E-state index contributed by atoms with van der Waals surface area (Å²) >= 11 is 0. The number of nitrogens with zero attached hydrogens (tertiary/aromatic N) is 3. The van der Waals surface area contributed by atoms with E-state index in [9.17, 15) is 4.79 Å². The lowest BCUT2D eigenvalue weighted by Gasteiger charge is -2.07. The second kappa shape index (κ2) is 7.19. The highest BCUT2D eigenvalue weighted by Crippen LogP contribution is 2.12. The van der Waals surface area contributed by atoms with E-state index in [2.05, 4.69) is 27.4 Å². The van der Waals surface area contributed by atoms with E-state index < -0.39 is 0 Å². The molecule has 0 spiro atoms. The van der Waals surface area contributed by atoms with Crippen LogP contribution in [-0.2, 0) is 13.1 Å². The van der Waals surface area contributed by atoms with E-state index in [4.69, 9.17) is 0 Å². The summed E-state index contributed by atoms with van der Waals surface area (Å²) in [6, 6.07) is 19.6. The summed E-state index contributed by atoms with van der Waals surface area (Å²) in [4.78, 5) is 20.8. The molecule has 4 rings (SSSR count). The first-order valence-electron chi connectivity index (χ1n) is 8.45. The van der Waals surface area contributed by atoms with E-state index in [1.807, 2.05) is 53.2 Å². The SMILES string of the molecule is O=C(NCc1ccc(Cn2ccnc2)cc1)c1ccc2ccccc2n1. The van der Waals surface area contributed by atoms with Gasteiger partial charge in [-0.1, -0.05) is 48.5 Å². The molecular weight excluding hydrogens is 324 g/mol. The monoisotopic (exact) mass is 342 g/mol. The van der Waals surface area contributed by atoms with Crippen molar-refractivity contribution < 1.29 is 4.79 Å². The largest absolute Gasteiger partial charge is 0.347 e. The highest BCUT2D eigenvalue weighted by atomic mass is 16.1. The Hall–Kier alpha value is -3.47. The summed E-state index contributed by atoms with van der Waals surface area (Å²) in [6.07, 6.45) is 5.50. The van der Waals surface area contributed by atoms with Crippen LogP contribution in [0.15, 0.2) is 79.4 Å². The standard InChI is InChI=1S/C21H18N4O/c26-21(20-10-9-18-3-1-2-4-19(18)24-20)23-13-16-5-7-17(8-6-16)14-25-12-11-22-15-25/h1-12,15H,13-14H2,(H,23,26). The molecule has 128 valence electrons. The normalized spacial score (nSPS) is 10.8. The predicted molar refractivity (Wildman–Crippen MR) is 101 cm³/mol. The van der Waals surface area contributed by atoms with E-state index in [1.165, 1.54) is 5.56 Å². The number of fused-ring (bicyclic) bond motifs is 1. The van der Waals surface area contributed by atoms with Crippen molar-refractivity contribution in [1.82, 2.24) is 19.9 Å². The molecule has 2 aromatic heterocycles. The molecule has 0 saturated heterocycles. The van der Waals surface area contributed by atoms with Gasteiger partial charge in [-0.15, -0.1) is 0 Å². The molecule has 2 aromatic carbocycles. The minimum atomic E-state index is -0.168. The van der Waals surface area contributed by atoms with Gasteiger partial charge in [0.15, 0.2) is 0 Å². The molecule has 1 amide bonds. The van der Waals surface area contributed by atoms with Gasteiger partial charge in [0.2, 0.25) is 0 Å². The summed E-state index contributed by atoms with van der Waals surface area (Å²) < 4.78 is 2.02. The highest BCUT2D eigenvalue weighted by Gasteiger charge is 2.08. The predicted octanol–water partition coefficient (Wildman–Crippen LogP) is 3.41. The third kappa shape index (κ3) is 3.62. The molecule has 0 aliphatic rings. The minimum Gasteiger partial charge on any atom is -0.347 e. The lowest BCUT2D eigenvalue weighted by atomic mass is 10.1. The van der Waals surface area contributed by atoms with E-state index in [1.54, 1.807) is 18.6 Å². The molecule has 0 aliphatic carbocycles. The van der Waals surface area contributed by atoms with Gasteiger partial charge in [0.25, 0.3) is 5.91 Å². The Morgan fingerprint density at radius 1 is 0.962 bits per heavy atom. The van der Waals surface area contributed by atoms with Crippen LogP contribution in [0, 0.1) is 0 Å². The molecule has 0 saturated carbocycles. The second-order valence-corrected chi connectivity index (χ2v) is 6.12. The molecule has 26 heavy (non-hydrogen) atoms. The van der Waals surface area contributed by atoms with Crippen LogP contribution in [0.2, 0.25) is 0 Å². The molecule has 4 aromatic rings. The number of hydrogen-bond donors (Lipinski definition) is 1. The quantitative estimate of drug-likeness (QED) is 0.605. The smallest absolute Gasteiger partial charge is 0.270 e. The first-order valence-corrected chi connectivity index (χ1v) is 8.45. The zero-order valence-electron chi connectivity index (χ0n) is 14.2. The molecule has 0 bridgehead atoms. The summed E-state index contributed by atoms with van der Waals surface area (Å²) in [5, 5.41) is 3.95. The Morgan fingerprint density at radius 2 is 1.77 bits per heavy atom. The molecule has 0 unspecified atom stereocenters. The molecule has 2 heterocycles. The lowest BCUT2D eigenvalue weighted by Crippen LogP contribution is -2.23. The molecular formula is C21H18N4O. The van der Waals surface area contributed by atoms with Crippen molar-refractivity contribution in [3.05, 3.63) is 96.2 Å². The fourth-order valence-electron chi connectivity index (χ4n) is 2.82. The Kier molecular flexibility index (Phi) is 4.43. The van der Waals surface area contributed by atoms with Crippen molar-refractivity contribution in [3.8, 4) is 0 Å². The minimum absolute atomic E-state index is 0.168. The van der Waals surface area contributed by atoms with Crippen molar-refractivity contribution in [1.29, 1.82) is 0 Å². The second-order valence-electron chi connectivity index (χ2n) is 6.12. The average Bonchev–Trinajstić information content (AvgIpc) is 3.20. The highest BCUT2D eigenvalue weighted by molar-refractivity contribution is 5.94. The van der Waals surface area contributed by atoms with Gasteiger partial charge in [0, 0.05) is 30.9 Å². The fraction of sp³-hybridized carbons (Fsp3) is 0.0952. The lowest BCUT2D eigenvalue weighted by molar-refractivity contribution is 0.0946. The van der Waals surface area contributed by atoms with Gasteiger partial charge >= 0.3 is 0 Å². The third-order valence-electron chi connectivity index (χ3n) is 4.23. The van der Waals surface area contributed by atoms with Gasteiger partial charge in [-0.05, 0) is 23.3 Å². The Labute approximate surface area is 151 Å². The number of nitrogens with one attached hydrogen (secondary N) is 1. The number of imidazole rings is 1. The van der Waals surface area contributed by atoms with Crippen LogP contribution >= 0.6 is 0 Å². The summed E-state index contributed by atoms with van der Waals surface area (Å²) in [7, 11) is 0. The average molecular weight is 342 g/mol. The Bertz CT molecular complexity index is 1020. The number of benzene rings is 2. The first-order chi connectivity index (χ1) is 12.8. The number of rotatable bonds is 5. The first kappa shape index (κ1) is 16.0. The van der Waals surface area contributed by atoms with Crippen LogP contribution in [0.1, 0.15) is 21.6 Å². The maximum Gasteiger partial charge on any atom is 0.270 e. The number of pyridine rings is 1. The summed E-state index contributed by atoms with van der Waals surface area (Å²) in [5.41, 5.74) is 3.49. The van der Waals surface area contributed by atoms with Crippen molar-refractivity contribution in [3.63, 3.8) is 0 Å². The zero-order valence-corrected chi connectivity index (χ0v) is 14.2. The van der Waals surface area contributed by atoms with Gasteiger partial charge in [-0.3, -0.25) is 4.79 Å². The molecule has 0 aliphatic heterocycles. The van der Waals surface area contributed by atoms with Gasteiger partial charge in [-0.2, -0.15) is 0 Å². The number of hydrogen-bond acceptors (Lipinski definition) is 3. The number of para-hydroxylation sites is 1. The molecule has 5 heteroatoms. The maximum absolute atomic E-state index is 12.4. The van der Waals surface area contributed by atoms with Crippen LogP contribution < -0.4 is 5.32 Å². The number of carbonyl (C=O) groups is 1. The van der Waals surface area contributed by atoms with Gasteiger partial charge < -0.3 is 9.88 Å². The number of aromatic nitrogens is 3. The van der Waals surface area contributed by atoms with E-state index in [0.29, 0.717) is 12.2 Å². The van der Waals surface area contributed by atoms with Crippen molar-refractivity contribution in [2.24, 2.45) is 0 Å². The molecule has 1 N–H and O–H groups in total. The van der Waals surface area contributed by atoms with Crippen molar-refractivity contribution in [2.75, 3.05) is 0 Å². The van der Waals surface area contributed by atoms with Crippen LogP contribution in [-0.4, -0.2) is 20.4 Å². The van der Waals surface area contributed by atoms with Crippen LogP contribution in [0.3, 0.4) is 0 Å². The Balaban J connectivity index is 1.38. The van der Waals surface area contributed by atoms with Gasteiger partial charge in [0.1, 0.15) is 5.69 Å². The van der Waals surface area contributed by atoms with E-state index in [0.717, 1.165) is 23.0 Å². The van der Waals surface area contributed by atoms with Crippen LogP contribution in [0.25, 0.3) is 10.9 Å². The topological polar surface area (TPSA) is 59.8 Å². The van der Waals surface area contributed by atoms with E-state index in [-0.39, 0.29) is 5.91 Å². The summed E-state index contributed by atoms with van der Waals surface area (Å²) in [6.45, 7) is 1.26. The fourth-order valence-corrected chi connectivity index (χ4v) is 2.82. The number of carbonyl (C=O) groups excluding carboxylic acids is 1. The molecule has 0 fully saturated rings. The van der Waals surface area contributed by atoms with Crippen LogP contribution in [0.4, 0.5) is 0 Å². The van der Waals surface area contributed by atoms with Crippen molar-refractivity contribution in [2.45, 2.75) is 13.1 Å². The third-order valence-corrected chi connectivity index (χ3v) is 4.23. The molecule has 0 atom stereocenters. The maximum atomic E-state index is 12.4. The molecule has 0 radical (unpaired) electrons. The van der Waals surface area contributed by atoms with Gasteiger partial charge in [-0.25, -0.2) is 9.97 Å². The summed E-state index contributed by atoms with van der Waals surface area (Å²) in [5.74, 6) is -0.168. The van der Waals surface area contributed by atoms with E-state index >= 15 is 0 Å².